The van der Waals surface area contributed by atoms with Gasteiger partial charge in [0.2, 0.25) is 0 Å². The number of cyclic esters (lactones) is 2. The monoisotopic (exact) mass is 1880 g/mol. The van der Waals surface area contributed by atoms with E-state index in [1.54, 1.807) is 14.2 Å². The third kappa shape index (κ3) is 45.5. The second-order valence-electron chi connectivity index (χ2n) is 38.4. The molecule has 14 N–H and O–H groups in total. The Hall–Kier alpha value is -5.34. The fourth-order valence-corrected chi connectivity index (χ4v) is 17.5. The largest absolute Gasteiger partial charge is 0.463 e. The number of hydrogen-bond donors (Lipinski definition) is 9. The molecular formula is C101H189N11O20. The Morgan fingerprint density at radius 1 is 0.492 bits per heavy atom. The Kier molecular flexibility index (Phi) is 63.3. The molecule has 0 unspecified atom stereocenters. The molecule has 6 aliphatic rings. The number of aliphatic hydroxyl groups excluding tert-OH is 8. The average molecular weight is 1880 g/mol. The van der Waals surface area contributed by atoms with Crippen LogP contribution in [0.25, 0.3) is 0 Å². The van der Waals surface area contributed by atoms with Crippen molar-refractivity contribution >= 4 is 17.6 Å². The molecule has 6 saturated heterocycles. The first-order valence-corrected chi connectivity index (χ1v) is 49.5. The highest BCUT2D eigenvalue weighted by Crippen LogP contribution is 2.38. The first-order valence-electron chi connectivity index (χ1n) is 49.5. The number of nitrogens with two attached hydrogens (primary N) is 1. The molecule has 10 rings (SSSR count). The summed E-state index contributed by atoms with van der Waals surface area (Å²) in [7, 11) is 11.5. The highest BCUT2D eigenvalue weighted by atomic mass is 16.6. The molecule has 0 saturated carbocycles. The van der Waals surface area contributed by atoms with Crippen molar-refractivity contribution in [1.29, 1.82) is 0 Å². The zero-order valence-electron chi connectivity index (χ0n) is 86.2. The SMILES string of the molecule is CC.CC.CC[C@]1(C)CCO[C@@H](C)[C@@H]1O.CC[C@]1(C)CCO[C@@H](C)[C@@H]1O.CO[C@H]1CCCN(C)[C@H](C)[C@@H](O)[C@H](O)COC(=O)[C@H](C)C[C@H](C)C1.CO[C@H]1CCCN(C)[C@H](C)[C@@H](O)[C@H](O)COC(=O)[C@H](C)C[C@H](C)C1.C[C@@H]1C[C@H](N(C)CCc2cn(CCCCc3ccc(N)cc3)nn2)[C@@H](O)CO1.Cc1ccc(CCCCn2cc(CCN(C)[C@H]3C[C@@H](C)OC[C@@H]3O)nn2)cc1.O.O. The fourth-order valence-electron chi connectivity index (χ4n) is 17.5. The standard InChI is InChI=1S/C22H34N4O2.C21H33N5O2.2C18H35NO5.2C9H18O2.2C2H6.2H2O/c1-17-7-9-19(10-8-17)6-4-5-12-26-15-20(23-24-26)11-13-25(3)21-14-18(2)28-16-22(21)27;1-16-13-20(21(27)15-28-16)25(2)12-10-19-14-26(24-23-19)11-4-3-5-17-6-8-18(22)9-7-17;2*1-12-9-13(2)18(22)24-11-16(20)17(21)14(3)19(4)8-6-7-15(10-12)23-5;2*1-4-9(3)5-6-11-7(2)8(9)10;2*1-2;;/h7-10,15,18,21-22,27H,4-6,11-14,16H2,1-3H3;6-9,14,16,20-21,27H,3-5,10-13,15,22H2,1-2H3;2*12-17,20-21H,6-11H2,1-5H3;2*7-8,10H,4-6H2,1-3H3;2*1-2H3;2*1H2/t18-,21+,22+;16-,20+,21+;2*12-,13+,14+,15-,16+,17+;2*7-,8-,9+;;;;/m110000..../s1. The van der Waals surface area contributed by atoms with Gasteiger partial charge in [-0.25, -0.2) is 0 Å². The van der Waals surface area contributed by atoms with E-state index in [9.17, 15) is 50.4 Å². The van der Waals surface area contributed by atoms with Crippen molar-refractivity contribution < 1.29 is 99.3 Å². The Balaban J connectivity index is 0.000000804. The molecule has 2 aromatic heterocycles. The van der Waals surface area contributed by atoms with Gasteiger partial charge < -0.3 is 115 Å². The zero-order valence-corrected chi connectivity index (χ0v) is 86.2. The number of nitrogen functional groups attached to an aromatic ring is 1. The lowest BCUT2D eigenvalue weighted by molar-refractivity contribution is -0.155. The summed E-state index contributed by atoms with van der Waals surface area (Å²) < 4.78 is 47.2. The maximum atomic E-state index is 12.1. The molecule has 6 aliphatic heterocycles. The average Bonchev–Trinajstić information content (AvgIpc) is 1.34. The molecule has 2 aromatic carbocycles. The van der Waals surface area contributed by atoms with Crippen LogP contribution in [0.4, 0.5) is 5.69 Å². The van der Waals surface area contributed by atoms with Crippen LogP contribution in [0, 0.1) is 41.4 Å². The number of esters is 2. The summed E-state index contributed by atoms with van der Waals surface area (Å²) >= 11 is 0. The second kappa shape index (κ2) is 67.0. The number of aromatic nitrogens is 6. The van der Waals surface area contributed by atoms with E-state index in [4.69, 9.17) is 43.6 Å². The van der Waals surface area contributed by atoms with Gasteiger partial charge in [0, 0.05) is 109 Å². The molecule has 31 nitrogen and oxygen atoms in total. The van der Waals surface area contributed by atoms with Gasteiger partial charge in [-0.05, 0) is 264 Å². The number of methoxy groups -OCH3 is 2. The van der Waals surface area contributed by atoms with Crippen LogP contribution in [0.3, 0.4) is 0 Å². The Bertz CT molecular complexity index is 3330. The van der Waals surface area contributed by atoms with Crippen molar-refractivity contribution in [2.75, 3.05) is 114 Å². The zero-order chi connectivity index (χ0) is 97.4. The summed E-state index contributed by atoms with van der Waals surface area (Å²) in [5, 5.41) is 97.7. The maximum Gasteiger partial charge on any atom is 0.308 e. The van der Waals surface area contributed by atoms with Crippen molar-refractivity contribution in [2.45, 2.75) is 396 Å². The Morgan fingerprint density at radius 3 is 1.19 bits per heavy atom. The van der Waals surface area contributed by atoms with Crippen molar-refractivity contribution in [3.63, 3.8) is 0 Å². The normalized spacial score (nSPS) is 31.5. The molecule has 6 fully saturated rings. The summed E-state index contributed by atoms with van der Waals surface area (Å²) in [5.74, 6) is -0.389. The van der Waals surface area contributed by atoms with Crippen LogP contribution in [-0.4, -0.2) is 331 Å². The molecule has 8 heterocycles. The van der Waals surface area contributed by atoms with E-state index in [2.05, 4.69) is 149 Å². The third-order valence-electron chi connectivity index (χ3n) is 27.6. The molecule has 0 amide bonds. The molecule has 0 aliphatic carbocycles. The molecule has 132 heavy (non-hydrogen) atoms. The van der Waals surface area contributed by atoms with Gasteiger partial charge in [-0.2, -0.15) is 0 Å². The van der Waals surface area contributed by atoms with Crippen LogP contribution < -0.4 is 5.73 Å². The number of aryl methyl sites for hydroxylation is 5. The summed E-state index contributed by atoms with van der Waals surface area (Å²) in [5.41, 5.74) is 12.7. The lowest BCUT2D eigenvalue weighted by Crippen LogP contribution is -2.50. The number of rotatable bonds is 22. The first-order chi connectivity index (χ1) is 61.7. The van der Waals surface area contributed by atoms with E-state index >= 15 is 0 Å². The fraction of sp³-hybridized carbons (Fsp3) is 0.822. The van der Waals surface area contributed by atoms with Gasteiger partial charge in [-0.15, -0.1) is 10.2 Å². The molecule has 4 aromatic rings. The molecule has 768 valence electrons. The lowest BCUT2D eigenvalue weighted by Gasteiger charge is -2.41. The summed E-state index contributed by atoms with van der Waals surface area (Å²) in [6.07, 6.45) is 20.5. The summed E-state index contributed by atoms with van der Waals surface area (Å²) in [6, 6.07) is 16.7. The van der Waals surface area contributed by atoms with Gasteiger partial charge in [0.05, 0.1) is 110 Å². The topological polar surface area (TPSA) is 433 Å². The van der Waals surface area contributed by atoms with Gasteiger partial charge in [0.1, 0.15) is 25.4 Å². The minimum absolute atomic E-state index is 0. The predicted molar refractivity (Wildman–Crippen MR) is 524 cm³/mol. The third-order valence-corrected chi connectivity index (χ3v) is 27.6. The van der Waals surface area contributed by atoms with Crippen molar-refractivity contribution in [2.24, 2.45) is 34.5 Å². The van der Waals surface area contributed by atoms with Gasteiger partial charge in [-0.3, -0.25) is 19.0 Å². The first kappa shape index (κ1) is 125. The Labute approximate surface area is 795 Å². The van der Waals surface area contributed by atoms with Crippen LogP contribution in [0.2, 0.25) is 0 Å². The van der Waals surface area contributed by atoms with E-state index in [0.29, 0.717) is 25.0 Å². The minimum Gasteiger partial charge on any atom is -0.463 e. The second-order valence-corrected chi connectivity index (χ2v) is 38.4. The Morgan fingerprint density at radius 2 is 0.848 bits per heavy atom. The number of hydrogen-bond acceptors (Lipinski definition) is 27. The number of anilines is 1. The van der Waals surface area contributed by atoms with Gasteiger partial charge in [-0.1, -0.05) is 135 Å². The molecule has 24 atom stereocenters. The number of ether oxygens (including phenoxy) is 8. The predicted octanol–water partition coefficient (Wildman–Crippen LogP) is 10.9. The van der Waals surface area contributed by atoms with E-state index in [1.165, 1.54) is 16.7 Å². The van der Waals surface area contributed by atoms with Gasteiger partial charge >= 0.3 is 11.9 Å². The van der Waals surface area contributed by atoms with Crippen LogP contribution in [0.5, 0.6) is 0 Å². The number of carbonyl (C=O) groups excluding carboxylic acids is 2. The number of benzene rings is 2. The number of unbranched alkanes of at least 4 members (excludes halogenated alkanes) is 2. The van der Waals surface area contributed by atoms with Gasteiger partial charge in [0.25, 0.3) is 0 Å². The van der Waals surface area contributed by atoms with Gasteiger partial charge in [0.15, 0.2) is 0 Å². The van der Waals surface area contributed by atoms with Crippen LogP contribution in [-0.2, 0) is 86.3 Å². The maximum absolute atomic E-state index is 12.1. The highest BCUT2D eigenvalue weighted by molar-refractivity contribution is 5.72. The number of likely N-dealkylation sites (N-methyl/N-ethyl adjacent to an activating group) is 4. The number of carbonyl (C=O) groups is 2. The van der Waals surface area contributed by atoms with Crippen molar-refractivity contribution in [3.05, 3.63) is 89.0 Å². The molecule has 0 bridgehead atoms. The molecule has 0 radical (unpaired) electrons. The minimum atomic E-state index is -1.08. The molecule has 0 spiro atoms. The van der Waals surface area contributed by atoms with E-state index < -0.39 is 36.6 Å². The smallest absolute Gasteiger partial charge is 0.308 e. The van der Waals surface area contributed by atoms with Crippen molar-refractivity contribution in [1.82, 2.24) is 49.6 Å². The number of nitrogens with zero attached hydrogens (tertiary/aromatic N) is 10. The van der Waals surface area contributed by atoms with E-state index in [-0.39, 0.29) is 132 Å². The molecular weight excluding hydrogens is 1690 g/mol. The van der Waals surface area contributed by atoms with Crippen molar-refractivity contribution in [3.8, 4) is 0 Å². The van der Waals surface area contributed by atoms with E-state index in [0.717, 1.165) is 211 Å². The number of aliphatic hydroxyl groups is 8. The molecule has 31 heteroatoms. The highest BCUT2D eigenvalue weighted by Gasteiger charge is 2.41. The van der Waals surface area contributed by atoms with Crippen LogP contribution in [0.1, 0.15) is 268 Å². The van der Waals surface area contributed by atoms with Crippen LogP contribution >= 0.6 is 0 Å². The summed E-state index contributed by atoms with van der Waals surface area (Å²) in [6.45, 7) is 45.6. The summed E-state index contributed by atoms with van der Waals surface area (Å²) in [4.78, 5) is 32.7. The quantitative estimate of drug-likeness (QED) is 0.0200. The lowest BCUT2D eigenvalue weighted by atomic mass is 9.75. The van der Waals surface area contributed by atoms with E-state index in [1.807, 2.05) is 121 Å². The van der Waals surface area contributed by atoms with Crippen LogP contribution in [0.15, 0.2) is 60.9 Å².